The largest absolute Gasteiger partial charge is 0.319 e. The molecule has 118 valence electrons. The Balaban J connectivity index is 2.01. The molecule has 5 nitrogen and oxygen atoms in total. The number of rotatable bonds is 5. The van der Waals surface area contributed by atoms with E-state index in [-0.39, 0.29) is 6.04 Å². The summed E-state index contributed by atoms with van der Waals surface area (Å²) in [7, 11) is -1.29. The van der Waals surface area contributed by atoms with Crippen molar-refractivity contribution in [3.8, 4) is 0 Å². The standard InChI is InChI=1S/C14H29N3O2S/c1-12(2)14-5-4-8-17(14)20(18,19)16-9-6-13(7-10-16)11-15-3/h12-15H,4-11H2,1-3H3. The van der Waals surface area contributed by atoms with Gasteiger partial charge >= 0.3 is 0 Å². The normalized spacial score (nSPS) is 27.5. The molecule has 1 atom stereocenters. The van der Waals surface area contributed by atoms with Crippen LogP contribution >= 0.6 is 0 Å². The molecule has 0 spiro atoms. The zero-order chi connectivity index (χ0) is 14.8. The van der Waals surface area contributed by atoms with Crippen molar-refractivity contribution >= 4 is 10.2 Å². The van der Waals surface area contributed by atoms with Gasteiger partial charge in [-0.25, -0.2) is 0 Å². The Hall–Kier alpha value is -0.170. The predicted octanol–water partition coefficient (Wildman–Crippen LogP) is 1.28. The van der Waals surface area contributed by atoms with Crippen LogP contribution in [-0.2, 0) is 10.2 Å². The fourth-order valence-electron chi connectivity index (χ4n) is 3.50. The lowest BCUT2D eigenvalue weighted by Gasteiger charge is -2.36. The van der Waals surface area contributed by atoms with Crippen molar-refractivity contribution in [2.75, 3.05) is 33.2 Å². The minimum atomic E-state index is -3.25. The van der Waals surface area contributed by atoms with Gasteiger partial charge < -0.3 is 5.32 Å². The number of nitrogens with one attached hydrogen (secondary N) is 1. The first-order valence-electron chi connectivity index (χ1n) is 7.88. The Morgan fingerprint density at radius 2 is 1.80 bits per heavy atom. The third-order valence-electron chi connectivity index (χ3n) is 4.71. The molecule has 0 bridgehead atoms. The quantitative estimate of drug-likeness (QED) is 0.832. The lowest BCUT2D eigenvalue weighted by Crippen LogP contribution is -2.50. The molecule has 2 fully saturated rings. The van der Waals surface area contributed by atoms with E-state index in [1.54, 1.807) is 8.61 Å². The van der Waals surface area contributed by atoms with E-state index in [2.05, 4.69) is 19.2 Å². The molecule has 2 aliphatic rings. The molecule has 0 aromatic rings. The average molecular weight is 303 g/mol. The van der Waals surface area contributed by atoms with Crippen molar-refractivity contribution < 1.29 is 8.42 Å². The Labute approximate surface area is 123 Å². The van der Waals surface area contributed by atoms with Gasteiger partial charge in [-0.1, -0.05) is 13.8 Å². The maximum Gasteiger partial charge on any atom is 0.282 e. The SMILES string of the molecule is CNCC1CCN(S(=O)(=O)N2CCCC2C(C)C)CC1. The molecule has 1 N–H and O–H groups in total. The van der Waals surface area contributed by atoms with Crippen LogP contribution in [0, 0.1) is 11.8 Å². The monoisotopic (exact) mass is 303 g/mol. The Kier molecular flexibility index (Phi) is 5.45. The van der Waals surface area contributed by atoms with Crippen LogP contribution in [0.3, 0.4) is 0 Å². The zero-order valence-electron chi connectivity index (χ0n) is 13.0. The van der Waals surface area contributed by atoms with Crippen molar-refractivity contribution in [3.05, 3.63) is 0 Å². The second-order valence-corrected chi connectivity index (χ2v) is 8.35. The van der Waals surface area contributed by atoms with E-state index >= 15 is 0 Å². The Morgan fingerprint density at radius 3 is 2.35 bits per heavy atom. The summed E-state index contributed by atoms with van der Waals surface area (Å²) in [5.41, 5.74) is 0. The first kappa shape index (κ1) is 16.2. The second kappa shape index (κ2) is 6.73. The minimum absolute atomic E-state index is 0.190. The molecule has 0 aromatic heterocycles. The highest BCUT2D eigenvalue weighted by molar-refractivity contribution is 7.86. The fourth-order valence-corrected chi connectivity index (χ4v) is 5.52. The van der Waals surface area contributed by atoms with Gasteiger partial charge in [0.1, 0.15) is 0 Å². The minimum Gasteiger partial charge on any atom is -0.319 e. The second-order valence-electron chi connectivity index (χ2n) is 6.47. The third kappa shape index (κ3) is 3.35. The van der Waals surface area contributed by atoms with Gasteiger partial charge in [0.2, 0.25) is 0 Å². The van der Waals surface area contributed by atoms with E-state index in [1.165, 1.54) is 0 Å². The van der Waals surface area contributed by atoms with Gasteiger partial charge in [0, 0.05) is 25.7 Å². The highest BCUT2D eigenvalue weighted by Crippen LogP contribution is 2.30. The number of hydrogen-bond acceptors (Lipinski definition) is 3. The molecule has 0 amide bonds. The summed E-state index contributed by atoms with van der Waals surface area (Å²) in [5, 5.41) is 3.19. The maximum atomic E-state index is 12.8. The van der Waals surface area contributed by atoms with E-state index in [4.69, 9.17) is 0 Å². The van der Waals surface area contributed by atoms with E-state index in [1.807, 2.05) is 7.05 Å². The summed E-state index contributed by atoms with van der Waals surface area (Å²) < 4.78 is 29.1. The number of piperidine rings is 1. The van der Waals surface area contributed by atoms with Crippen LogP contribution in [-0.4, -0.2) is 56.3 Å². The molecule has 0 radical (unpaired) electrons. The van der Waals surface area contributed by atoms with Crippen LogP contribution in [0.2, 0.25) is 0 Å². The van der Waals surface area contributed by atoms with E-state index in [0.717, 1.165) is 32.2 Å². The summed E-state index contributed by atoms with van der Waals surface area (Å²) >= 11 is 0. The molecule has 2 heterocycles. The van der Waals surface area contributed by atoms with Crippen LogP contribution in [0.15, 0.2) is 0 Å². The van der Waals surface area contributed by atoms with Crippen LogP contribution in [0.25, 0.3) is 0 Å². The molecule has 0 aromatic carbocycles. The van der Waals surface area contributed by atoms with Gasteiger partial charge in [0.15, 0.2) is 0 Å². The first-order chi connectivity index (χ1) is 9.46. The lowest BCUT2D eigenvalue weighted by atomic mass is 9.98. The molecule has 1 unspecified atom stereocenters. The van der Waals surface area contributed by atoms with E-state index in [0.29, 0.717) is 31.5 Å². The molecule has 2 aliphatic heterocycles. The smallest absolute Gasteiger partial charge is 0.282 e. The van der Waals surface area contributed by atoms with Crippen molar-refractivity contribution in [2.24, 2.45) is 11.8 Å². The van der Waals surface area contributed by atoms with Gasteiger partial charge in [-0.05, 0) is 51.1 Å². The van der Waals surface area contributed by atoms with Crippen LogP contribution in [0.5, 0.6) is 0 Å². The molecule has 2 rings (SSSR count). The number of nitrogens with zero attached hydrogens (tertiary/aromatic N) is 2. The molecule has 0 saturated carbocycles. The summed E-state index contributed by atoms with van der Waals surface area (Å²) in [6.07, 6.45) is 3.95. The third-order valence-corrected chi connectivity index (χ3v) is 6.77. The highest BCUT2D eigenvalue weighted by atomic mass is 32.2. The summed E-state index contributed by atoms with van der Waals surface area (Å²) in [6.45, 7) is 7.29. The summed E-state index contributed by atoms with van der Waals surface area (Å²) in [5.74, 6) is 1.01. The van der Waals surface area contributed by atoms with Gasteiger partial charge in [0.05, 0.1) is 0 Å². The molecule has 2 saturated heterocycles. The summed E-state index contributed by atoms with van der Waals surface area (Å²) in [4.78, 5) is 0. The first-order valence-corrected chi connectivity index (χ1v) is 9.28. The molecule has 0 aliphatic carbocycles. The van der Waals surface area contributed by atoms with E-state index < -0.39 is 10.2 Å². The Morgan fingerprint density at radius 1 is 1.15 bits per heavy atom. The lowest BCUT2D eigenvalue weighted by molar-refractivity contribution is 0.237. The van der Waals surface area contributed by atoms with Gasteiger partial charge in [0.25, 0.3) is 10.2 Å². The van der Waals surface area contributed by atoms with Crippen molar-refractivity contribution in [1.82, 2.24) is 13.9 Å². The fraction of sp³-hybridized carbons (Fsp3) is 1.00. The van der Waals surface area contributed by atoms with Crippen LogP contribution in [0.1, 0.15) is 39.5 Å². The van der Waals surface area contributed by atoms with Crippen molar-refractivity contribution in [3.63, 3.8) is 0 Å². The highest BCUT2D eigenvalue weighted by Gasteiger charge is 2.40. The van der Waals surface area contributed by atoms with Gasteiger partial charge in [-0.2, -0.15) is 17.0 Å². The predicted molar refractivity (Wildman–Crippen MR) is 81.7 cm³/mol. The molecule has 20 heavy (non-hydrogen) atoms. The molecule has 6 heteroatoms. The van der Waals surface area contributed by atoms with Crippen LogP contribution in [0.4, 0.5) is 0 Å². The maximum absolute atomic E-state index is 12.8. The molecular weight excluding hydrogens is 274 g/mol. The van der Waals surface area contributed by atoms with Gasteiger partial charge in [-0.15, -0.1) is 0 Å². The van der Waals surface area contributed by atoms with Crippen molar-refractivity contribution in [2.45, 2.75) is 45.6 Å². The Bertz CT molecular complexity index is 403. The topological polar surface area (TPSA) is 52.7 Å². The molecular formula is C14H29N3O2S. The van der Waals surface area contributed by atoms with Gasteiger partial charge in [-0.3, -0.25) is 0 Å². The van der Waals surface area contributed by atoms with Crippen LogP contribution < -0.4 is 5.32 Å². The van der Waals surface area contributed by atoms with E-state index in [9.17, 15) is 8.42 Å². The number of hydrogen-bond donors (Lipinski definition) is 1. The average Bonchev–Trinajstić information content (AvgIpc) is 2.90. The van der Waals surface area contributed by atoms with Crippen molar-refractivity contribution in [1.29, 1.82) is 0 Å². The zero-order valence-corrected chi connectivity index (χ0v) is 13.8. The summed E-state index contributed by atoms with van der Waals surface area (Å²) in [6, 6.07) is 0.190.